The minimum Gasteiger partial charge on any atom is -0.368 e. The molecular formula is C21H31N3O2. The number of fused-ring (bicyclic) bond motifs is 3. The lowest BCUT2D eigenvalue weighted by atomic mass is 9.86. The molecule has 2 heterocycles. The van der Waals surface area contributed by atoms with Gasteiger partial charge in [-0.25, -0.2) is 0 Å². The number of H-pyrrole nitrogens is 1. The second kappa shape index (κ2) is 7.80. The Kier molecular flexibility index (Phi) is 5.68. The zero-order chi connectivity index (χ0) is 18.7. The number of carbonyl (C=O) groups is 1. The van der Waals surface area contributed by atoms with Crippen molar-refractivity contribution in [2.24, 2.45) is 0 Å². The molecule has 0 bridgehead atoms. The highest BCUT2D eigenvalue weighted by Crippen LogP contribution is 2.42. The molecule has 26 heavy (non-hydrogen) atoms. The van der Waals surface area contributed by atoms with Crippen molar-refractivity contribution in [3.8, 4) is 0 Å². The van der Waals surface area contributed by atoms with Crippen LogP contribution in [-0.2, 0) is 28.0 Å². The summed E-state index contributed by atoms with van der Waals surface area (Å²) in [5.41, 5.74) is 4.39. The Balaban J connectivity index is 1.91. The Labute approximate surface area is 156 Å². The summed E-state index contributed by atoms with van der Waals surface area (Å²) in [4.78, 5) is 18.3. The van der Waals surface area contributed by atoms with Gasteiger partial charge in [-0.3, -0.25) is 4.79 Å². The number of nitrogens with zero attached hydrogens (tertiary/aromatic N) is 1. The van der Waals surface area contributed by atoms with Gasteiger partial charge in [-0.1, -0.05) is 32.0 Å². The molecule has 0 saturated heterocycles. The van der Waals surface area contributed by atoms with Gasteiger partial charge in [0.1, 0.15) is 5.60 Å². The quantitative estimate of drug-likeness (QED) is 0.801. The van der Waals surface area contributed by atoms with Crippen LogP contribution in [0.25, 0.3) is 10.9 Å². The molecule has 1 aromatic carbocycles. The molecule has 5 heteroatoms. The maximum atomic E-state index is 12.6. The van der Waals surface area contributed by atoms with Crippen LogP contribution in [0.5, 0.6) is 0 Å². The summed E-state index contributed by atoms with van der Waals surface area (Å²) in [5.74, 6) is 0.0518. The average Bonchev–Trinajstić information content (AvgIpc) is 3.01. The van der Waals surface area contributed by atoms with E-state index in [0.29, 0.717) is 19.6 Å². The van der Waals surface area contributed by atoms with Gasteiger partial charge < -0.3 is 19.9 Å². The molecular weight excluding hydrogens is 326 g/mol. The highest BCUT2D eigenvalue weighted by Gasteiger charge is 2.40. The summed E-state index contributed by atoms with van der Waals surface area (Å²) in [6.45, 7) is 6.44. The van der Waals surface area contributed by atoms with Crippen LogP contribution in [0, 0.1) is 0 Å². The monoisotopic (exact) mass is 357 g/mol. The third-order valence-corrected chi connectivity index (χ3v) is 5.49. The average molecular weight is 357 g/mol. The first-order valence-electron chi connectivity index (χ1n) is 9.69. The molecule has 1 amide bonds. The molecule has 0 aliphatic carbocycles. The third-order valence-electron chi connectivity index (χ3n) is 5.49. The molecule has 1 aliphatic heterocycles. The van der Waals surface area contributed by atoms with Crippen molar-refractivity contribution < 1.29 is 9.53 Å². The van der Waals surface area contributed by atoms with E-state index in [0.717, 1.165) is 31.5 Å². The predicted molar refractivity (Wildman–Crippen MR) is 105 cm³/mol. The van der Waals surface area contributed by atoms with E-state index in [2.05, 4.69) is 47.2 Å². The van der Waals surface area contributed by atoms with Gasteiger partial charge in [-0.05, 0) is 44.5 Å². The van der Waals surface area contributed by atoms with Crippen molar-refractivity contribution in [1.29, 1.82) is 0 Å². The number of para-hydroxylation sites is 1. The summed E-state index contributed by atoms with van der Waals surface area (Å²) in [5, 5.41) is 4.32. The standard InChI is InChI=1S/C21H31N3O2/c1-5-15-8-7-9-16-17-10-13-26-21(6-2,20(17)23-19(15)16)14-18(25)22-11-12-24(3)4/h7-9,23H,5-6,10-14H2,1-4H3,(H,22,25). The highest BCUT2D eigenvalue weighted by molar-refractivity contribution is 5.88. The zero-order valence-corrected chi connectivity index (χ0v) is 16.4. The molecule has 3 rings (SSSR count). The number of aromatic nitrogens is 1. The second-order valence-electron chi connectivity index (χ2n) is 7.45. The Bertz CT molecular complexity index is 781. The fourth-order valence-corrected chi connectivity index (χ4v) is 3.98. The molecule has 1 aliphatic rings. The van der Waals surface area contributed by atoms with Crippen molar-refractivity contribution in [1.82, 2.24) is 15.2 Å². The Morgan fingerprint density at radius 2 is 2.15 bits per heavy atom. The van der Waals surface area contributed by atoms with Gasteiger partial charge in [0.25, 0.3) is 0 Å². The van der Waals surface area contributed by atoms with Crippen LogP contribution in [0.15, 0.2) is 18.2 Å². The predicted octanol–water partition coefficient (Wildman–Crippen LogP) is 2.98. The van der Waals surface area contributed by atoms with Gasteiger partial charge in [0.15, 0.2) is 0 Å². The van der Waals surface area contributed by atoms with Crippen LogP contribution < -0.4 is 5.32 Å². The normalized spacial score (nSPS) is 19.7. The Morgan fingerprint density at radius 3 is 2.85 bits per heavy atom. The first-order valence-corrected chi connectivity index (χ1v) is 9.69. The van der Waals surface area contributed by atoms with Gasteiger partial charge in [0.2, 0.25) is 5.91 Å². The van der Waals surface area contributed by atoms with E-state index in [1.807, 2.05) is 14.1 Å². The molecule has 0 radical (unpaired) electrons. The fraction of sp³-hybridized carbons (Fsp3) is 0.571. The molecule has 0 fully saturated rings. The number of aryl methyl sites for hydroxylation is 1. The summed E-state index contributed by atoms with van der Waals surface area (Å²) in [7, 11) is 4.01. The number of ether oxygens (including phenoxy) is 1. The first-order chi connectivity index (χ1) is 12.5. The maximum Gasteiger partial charge on any atom is 0.223 e. The number of amides is 1. The van der Waals surface area contributed by atoms with E-state index in [4.69, 9.17) is 4.74 Å². The van der Waals surface area contributed by atoms with Crippen LogP contribution in [-0.4, -0.2) is 49.6 Å². The number of aromatic amines is 1. The van der Waals surface area contributed by atoms with E-state index in [1.165, 1.54) is 22.0 Å². The number of hydrogen-bond acceptors (Lipinski definition) is 3. The van der Waals surface area contributed by atoms with Crippen molar-refractivity contribution in [2.45, 2.75) is 45.1 Å². The van der Waals surface area contributed by atoms with E-state index >= 15 is 0 Å². The molecule has 1 unspecified atom stereocenters. The summed E-state index contributed by atoms with van der Waals surface area (Å²) < 4.78 is 6.24. The first kappa shape index (κ1) is 18.9. The van der Waals surface area contributed by atoms with Crippen molar-refractivity contribution in [2.75, 3.05) is 33.8 Å². The van der Waals surface area contributed by atoms with Crippen LogP contribution in [0.2, 0.25) is 0 Å². The molecule has 0 saturated carbocycles. The second-order valence-corrected chi connectivity index (χ2v) is 7.45. The SMILES string of the molecule is CCc1cccc2c3c([nH]c12)C(CC)(CC(=O)NCCN(C)C)OCC3. The van der Waals surface area contributed by atoms with Gasteiger partial charge in [-0.15, -0.1) is 0 Å². The lowest BCUT2D eigenvalue weighted by molar-refractivity contribution is -0.132. The van der Waals surface area contributed by atoms with E-state index < -0.39 is 5.60 Å². The van der Waals surface area contributed by atoms with Crippen molar-refractivity contribution >= 4 is 16.8 Å². The van der Waals surface area contributed by atoms with Crippen LogP contribution in [0.3, 0.4) is 0 Å². The number of nitrogens with one attached hydrogen (secondary N) is 2. The minimum atomic E-state index is -0.556. The number of likely N-dealkylation sites (N-methyl/N-ethyl adjacent to an activating group) is 1. The topological polar surface area (TPSA) is 57.4 Å². The molecule has 5 nitrogen and oxygen atoms in total. The smallest absolute Gasteiger partial charge is 0.223 e. The third kappa shape index (κ3) is 3.51. The molecule has 2 aromatic rings. The summed E-state index contributed by atoms with van der Waals surface area (Å²) >= 11 is 0. The fourth-order valence-electron chi connectivity index (χ4n) is 3.98. The molecule has 1 aromatic heterocycles. The maximum absolute atomic E-state index is 12.6. The lowest BCUT2D eigenvalue weighted by Crippen LogP contribution is -2.41. The Hall–Kier alpha value is -1.85. The largest absolute Gasteiger partial charge is 0.368 e. The van der Waals surface area contributed by atoms with Crippen LogP contribution in [0.4, 0.5) is 0 Å². The van der Waals surface area contributed by atoms with Crippen molar-refractivity contribution in [3.63, 3.8) is 0 Å². The van der Waals surface area contributed by atoms with Crippen LogP contribution >= 0.6 is 0 Å². The minimum absolute atomic E-state index is 0.0518. The number of hydrogen-bond donors (Lipinski definition) is 2. The number of carbonyl (C=O) groups excluding carboxylic acids is 1. The zero-order valence-electron chi connectivity index (χ0n) is 16.4. The molecule has 142 valence electrons. The van der Waals surface area contributed by atoms with Gasteiger partial charge >= 0.3 is 0 Å². The molecule has 1 atom stereocenters. The molecule has 0 spiro atoms. The molecule has 2 N–H and O–H groups in total. The Morgan fingerprint density at radius 1 is 1.35 bits per heavy atom. The van der Waals surface area contributed by atoms with E-state index in [-0.39, 0.29) is 5.91 Å². The van der Waals surface area contributed by atoms with Crippen molar-refractivity contribution in [3.05, 3.63) is 35.0 Å². The van der Waals surface area contributed by atoms with Crippen LogP contribution in [0.1, 0.15) is 43.5 Å². The number of benzene rings is 1. The van der Waals surface area contributed by atoms with E-state index in [1.54, 1.807) is 0 Å². The summed E-state index contributed by atoms with van der Waals surface area (Å²) in [6.07, 6.45) is 3.02. The van der Waals surface area contributed by atoms with E-state index in [9.17, 15) is 4.79 Å². The lowest BCUT2D eigenvalue weighted by Gasteiger charge is -2.36. The summed E-state index contributed by atoms with van der Waals surface area (Å²) in [6, 6.07) is 6.49. The van der Waals surface area contributed by atoms with Gasteiger partial charge in [-0.2, -0.15) is 0 Å². The van der Waals surface area contributed by atoms with Gasteiger partial charge in [0, 0.05) is 24.0 Å². The van der Waals surface area contributed by atoms with Gasteiger partial charge in [0.05, 0.1) is 18.7 Å². The number of rotatable bonds is 7. The highest BCUT2D eigenvalue weighted by atomic mass is 16.5.